The molecule has 0 radical (unpaired) electrons. The Morgan fingerprint density at radius 3 is 2.59 bits per heavy atom. The molecule has 4 nitrogen and oxygen atoms in total. The molecule has 2 atom stereocenters. The SMILES string of the molecule is CCC1CC(CN)CCN1C(=O)OC(C)(C)C. The molecule has 1 fully saturated rings. The third kappa shape index (κ3) is 4.19. The second kappa shape index (κ2) is 5.71. The quantitative estimate of drug-likeness (QED) is 0.808. The molecule has 0 aromatic carbocycles. The fraction of sp³-hybridized carbons (Fsp3) is 0.923. The summed E-state index contributed by atoms with van der Waals surface area (Å²) >= 11 is 0. The fourth-order valence-electron chi connectivity index (χ4n) is 2.30. The average Bonchev–Trinajstić information content (AvgIpc) is 2.25. The van der Waals surface area contributed by atoms with E-state index >= 15 is 0 Å². The zero-order chi connectivity index (χ0) is 13.1. The average molecular weight is 242 g/mol. The molecule has 1 amide bonds. The minimum Gasteiger partial charge on any atom is -0.444 e. The maximum atomic E-state index is 12.1. The minimum absolute atomic E-state index is 0.181. The molecule has 0 bridgehead atoms. The lowest BCUT2D eigenvalue weighted by Gasteiger charge is -2.39. The number of rotatable bonds is 2. The summed E-state index contributed by atoms with van der Waals surface area (Å²) in [6, 6.07) is 0.284. The van der Waals surface area contributed by atoms with Crippen molar-refractivity contribution in [1.29, 1.82) is 0 Å². The lowest BCUT2D eigenvalue weighted by molar-refractivity contribution is 0.00454. The summed E-state index contributed by atoms with van der Waals surface area (Å²) in [4.78, 5) is 13.9. The van der Waals surface area contributed by atoms with E-state index in [2.05, 4.69) is 6.92 Å². The number of hydrogen-bond donors (Lipinski definition) is 1. The van der Waals surface area contributed by atoms with E-state index in [9.17, 15) is 4.79 Å². The standard InChI is InChI=1S/C13H26N2O2/c1-5-11-8-10(9-14)6-7-15(11)12(16)17-13(2,3)4/h10-11H,5-9,14H2,1-4H3. The number of carbonyl (C=O) groups is 1. The van der Waals surface area contributed by atoms with Gasteiger partial charge in [0, 0.05) is 12.6 Å². The smallest absolute Gasteiger partial charge is 0.410 e. The summed E-state index contributed by atoms with van der Waals surface area (Å²) in [6.07, 6.45) is 2.79. The molecule has 17 heavy (non-hydrogen) atoms. The number of nitrogens with two attached hydrogens (primary N) is 1. The first-order valence-corrected chi connectivity index (χ1v) is 6.57. The highest BCUT2D eigenvalue weighted by Gasteiger charge is 2.32. The number of piperidine rings is 1. The highest BCUT2D eigenvalue weighted by atomic mass is 16.6. The van der Waals surface area contributed by atoms with Crippen molar-refractivity contribution in [1.82, 2.24) is 4.90 Å². The molecule has 0 saturated carbocycles. The molecule has 2 unspecified atom stereocenters. The van der Waals surface area contributed by atoms with Crippen molar-refractivity contribution in [2.24, 2.45) is 11.7 Å². The summed E-state index contributed by atoms with van der Waals surface area (Å²) in [7, 11) is 0. The van der Waals surface area contributed by atoms with Crippen LogP contribution in [0.1, 0.15) is 47.0 Å². The summed E-state index contributed by atoms with van der Waals surface area (Å²) < 4.78 is 5.43. The van der Waals surface area contributed by atoms with E-state index in [0.29, 0.717) is 5.92 Å². The number of carbonyl (C=O) groups excluding carboxylic acids is 1. The summed E-state index contributed by atoms with van der Waals surface area (Å²) in [6.45, 7) is 9.31. The first-order valence-electron chi connectivity index (χ1n) is 6.57. The number of hydrogen-bond acceptors (Lipinski definition) is 3. The Morgan fingerprint density at radius 1 is 1.47 bits per heavy atom. The van der Waals surface area contributed by atoms with Gasteiger partial charge in [0.15, 0.2) is 0 Å². The molecule has 1 aliphatic rings. The first-order chi connectivity index (χ1) is 7.87. The number of amides is 1. The van der Waals surface area contributed by atoms with Gasteiger partial charge in [-0.05, 0) is 52.5 Å². The zero-order valence-corrected chi connectivity index (χ0v) is 11.5. The van der Waals surface area contributed by atoms with Crippen molar-refractivity contribution in [2.75, 3.05) is 13.1 Å². The molecular weight excluding hydrogens is 216 g/mol. The van der Waals surface area contributed by atoms with E-state index in [-0.39, 0.29) is 12.1 Å². The van der Waals surface area contributed by atoms with E-state index in [1.54, 1.807) is 0 Å². The molecule has 0 spiro atoms. The van der Waals surface area contributed by atoms with Crippen molar-refractivity contribution >= 4 is 6.09 Å². The van der Waals surface area contributed by atoms with Gasteiger partial charge in [-0.3, -0.25) is 0 Å². The van der Waals surface area contributed by atoms with Crippen molar-refractivity contribution in [2.45, 2.75) is 58.6 Å². The molecule has 4 heteroatoms. The summed E-state index contributed by atoms with van der Waals surface area (Å²) in [5.41, 5.74) is 5.29. The molecule has 1 rings (SSSR count). The van der Waals surface area contributed by atoms with Crippen LogP contribution in [0.15, 0.2) is 0 Å². The molecule has 0 aromatic rings. The van der Waals surface area contributed by atoms with E-state index in [1.165, 1.54) is 0 Å². The Morgan fingerprint density at radius 2 is 2.12 bits per heavy atom. The lowest BCUT2D eigenvalue weighted by atomic mass is 9.90. The van der Waals surface area contributed by atoms with Crippen molar-refractivity contribution < 1.29 is 9.53 Å². The second-order valence-electron chi connectivity index (χ2n) is 5.86. The van der Waals surface area contributed by atoms with Gasteiger partial charge < -0.3 is 15.4 Å². The minimum atomic E-state index is -0.417. The van der Waals surface area contributed by atoms with E-state index in [0.717, 1.165) is 32.4 Å². The molecular formula is C13H26N2O2. The van der Waals surface area contributed by atoms with Crippen LogP contribution in [0.2, 0.25) is 0 Å². The van der Waals surface area contributed by atoms with Gasteiger partial charge in [0.1, 0.15) is 5.60 Å². The Labute approximate surface area is 104 Å². The Kier molecular flexibility index (Phi) is 4.80. The van der Waals surface area contributed by atoms with Gasteiger partial charge in [-0.2, -0.15) is 0 Å². The predicted octanol–water partition coefficient (Wildman–Crippen LogP) is 2.37. The molecule has 2 N–H and O–H groups in total. The lowest BCUT2D eigenvalue weighted by Crippen LogP contribution is -2.48. The van der Waals surface area contributed by atoms with Crippen LogP contribution in [0.4, 0.5) is 4.79 Å². The van der Waals surface area contributed by atoms with Crippen LogP contribution in [0.3, 0.4) is 0 Å². The Bertz CT molecular complexity index is 261. The van der Waals surface area contributed by atoms with Gasteiger partial charge in [-0.25, -0.2) is 4.79 Å². The third-order valence-corrected chi connectivity index (χ3v) is 3.26. The largest absolute Gasteiger partial charge is 0.444 e. The zero-order valence-electron chi connectivity index (χ0n) is 11.5. The van der Waals surface area contributed by atoms with Crippen LogP contribution >= 0.6 is 0 Å². The Hall–Kier alpha value is -0.770. The van der Waals surface area contributed by atoms with Crippen LogP contribution in [0.5, 0.6) is 0 Å². The van der Waals surface area contributed by atoms with Crippen LogP contribution < -0.4 is 5.73 Å². The van der Waals surface area contributed by atoms with Crippen LogP contribution in [0.25, 0.3) is 0 Å². The molecule has 1 heterocycles. The van der Waals surface area contributed by atoms with Gasteiger partial charge >= 0.3 is 6.09 Å². The van der Waals surface area contributed by atoms with E-state index in [1.807, 2.05) is 25.7 Å². The topological polar surface area (TPSA) is 55.6 Å². The first kappa shape index (κ1) is 14.3. The highest BCUT2D eigenvalue weighted by Crippen LogP contribution is 2.25. The van der Waals surface area contributed by atoms with Gasteiger partial charge in [0.05, 0.1) is 0 Å². The third-order valence-electron chi connectivity index (χ3n) is 3.26. The highest BCUT2D eigenvalue weighted by molar-refractivity contribution is 5.68. The van der Waals surface area contributed by atoms with E-state index in [4.69, 9.17) is 10.5 Å². The van der Waals surface area contributed by atoms with Gasteiger partial charge in [0.2, 0.25) is 0 Å². The van der Waals surface area contributed by atoms with Crippen molar-refractivity contribution in [3.05, 3.63) is 0 Å². The molecule has 0 aliphatic carbocycles. The number of nitrogens with zero attached hydrogens (tertiary/aromatic N) is 1. The molecule has 100 valence electrons. The van der Waals surface area contributed by atoms with Crippen molar-refractivity contribution in [3.8, 4) is 0 Å². The fourth-order valence-corrected chi connectivity index (χ4v) is 2.30. The van der Waals surface area contributed by atoms with Gasteiger partial charge in [0.25, 0.3) is 0 Å². The molecule has 0 aromatic heterocycles. The van der Waals surface area contributed by atoms with Crippen LogP contribution in [0, 0.1) is 5.92 Å². The van der Waals surface area contributed by atoms with Gasteiger partial charge in [-0.1, -0.05) is 6.92 Å². The molecule has 1 aliphatic heterocycles. The Balaban J connectivity index is 2.60. The monoisotopic (exact) mass is 242 g/mol. The summed E-state index contributed by atoms with van der Waals surface area (Å²) in [5.74, 6) is 0.554. The maximum Gasteiger partial charge on any atom is 0.410 e. The van der Waals surface area contributed by atoms with Crippen LogP contribution in [-0.4, -0.2) is 35.7 Å². The number of ether oxygens (including phenoxy) is 1. The summed E-state index contributed by atoms with van der Waals surface area (Å²) in [5, 5.41) is 0. The maximum absolute atomic E-state index is 12.1. The van der Waals surface area contributed by atoms with Crippen LogP contribution in [-0.2, 0) is 4.74 Å². The number of likely N-dealkylation sites (tertiary alicyclic amines) is 1. The normalized spacial score (nSPS) is 25.8. The van der Waals surface area contributed by atoms with Gasteiger partial charge in [-0.15, -0.1) is 0 Å². The van der Waals surface area contributed by atoms with E-state index < -0.39 is 5.60 Å². The predicted molar refractivity (Wildman–Crippen MR) is 68.8 cm³/mol. The van der Waals surface area contributed by atoms with Crippen molar-refractivity contribution in [3.63, 3.8) is 0 Å². The second-order valence-corrected chi connectivity index (χ2v) is 5.86. The molecule has 1 saturated heterocycles.